The molecule has 1 saturated carbocycles. The molecule has 7 heteroatoms. The molecule has 0 spiro atoms. The van der Waals surface area contributed by atoms with Crippen molar-refractivity contribution in [2.45, 2.75) is 64.4 Å². The predicted molar refractivity (Wildman–Crippen MR) is 147 cm³/mol. The van der Waals surface area contributed by atoms with Crippen LogP contribution < -0.4 is 4.90 Å². The van der Waals surface area contributed by atoms with Crippen LogP contribution in [0.4, 0.5) is 10.5 Å². The highest BCUT2D eigenvalue weighted by Crippen LogP contribution is 2.50. The van der Waals surface area contributed by atoms with Crippen molar-refractivity contribution in [3.63, 3.8) is 0 Å². The van der Waals surface area contributed by atoms with Gasteiger partial charge in [0.1, 0.15) is 5.60 Å². The summed E-state index contributed by atoms with van der Waals surface area (Å²) >= 11 is 0. The molecule has 196 valence electrons. The maximum atomic E-state index is 14.0. The molecule has 1 amide bonds. The number of hydrogen-bond donors (Lipinski definition) is 1. The highest BCUT2D eigenvalue weighted by molar-refractivity contribution is 6.20. The summed E-state index contributed by atoms with van der Waals surface area (Å²) in [6, 6.07) is 12.1. The van der Waals surface area contributed by atoms with Crippen LogP contribution in [0.1, 0.15) is 91.7 Å². The Morgan fingerprint density at radius 3 is 2.45 bits per heavy atom. The number of aromatic nitrogens is 1. The summed E-state index contributed by atoms with van der Waals surface area (Å²) in [6.45, 7) is 12.6. The van der Waals surface area contributed by atoms with Gasteiger partial charge in [0.2, 0.25) is 0 Å². The Kier molecular flexibility index (Phi) is 5.40. The molecular formula is C31H34N4O3. The van der Waals surface area contributed by atoms with Gasteiger partial charge in [0.25, 0.3) is 0 Å². The van der Waals surface area contributed by atoms with Gasteiger partial charge >= 0.3 is 6.09 Å². The van der Waals surface area contributed by atoms with Gasteiger partial charge in [-0.15, -0.1) is 0 Å². The molecular weight excluding hydrogens is 476 g/mol. The fourth-order valence-corrected chi connectivity index (χ4v) is 6.00. The number of piperazine rings is 1. The van der Waals surface area contributed by atoms with Crippen molar-refractivity contribution in [2.24, 2.45) is 0 Å². The van der Waals surface area contributed by atoms with Crippen LogP contribution in [0.25, 0.3) is 10.9 Å². The van der Waals surface area contributed by atoms with E-state index in [2.05, 4.69) is 41.9 Å². The molecule has 0 atom stereocenters. The predicted octanol–water partition coefficient (Wildman–Crippen LogP) is 5.84. The molecule has 1 aromatic heterocycles. The Hall–Kier alpha value is -3.79. The number of carbonyl (C=O) groups excluding carboxylic acids is 2. The lowest BCUT2D eigenvalue weighted by Gasteiger charge is -2.39. The second kappa shape index (κ2) is 8.36. The van der Waals surface area contributed by atoms with E-state index in [0.717, 1.165) is 59.2 Å². The number of nitrogens with one attached hydrogen (secondary N) is 1. The van der Waals surface area contributed by atoms with E-state index in [0.29, 0.717) is 24.6 Å². The number of nitrogens with zero attached hydrogens (tertiary/aromatic N) is 3. The number of aromatic amines is 1. The number of carbonyl (C=O) groups is 2. The second-order valence-electron chi connectivity index (χ2n) is 12.4. The molecule has 0 radical (unpaired) electrons. The molecule has 2 heterocycles. The van der Waals surface area contributed by atoms with Gasteiger partial charge in [-0.25, -0.2) is 4.79 Å². The standard InChI is InChI=1S/C31H34N4O3/c1-30(2,3)38-29(37)35-12-10-34(11-13-35)25-16-23-22(15-21(25)19-7-8-19)27(36)26-20-9-6-18(17-32)14-24(20)33-28(26)31(23,4)5/h6,9,14-16,19,33H,7-8,10-13H2,1-5H3. The average molecular weight is 511 g/mol. The van der Waals surface area contributed by atoms with Gasteiger partial charge in [-0.05, 0) is 74.9 Å². The number of hydrogen-bond acceptors (Lipinski definition) is 5. The van der Waals surface area contributed by atoms with E-state index in [-0.39, 0.29) is 11.9 Å². The minimum absolute atomic E-state index is 0.0495. The monoisotopic (exact) mass is 510 g/mol. The van der Waals surface area contributed by atoms with E-state index >= 15 is 0 Å². The van der Waals surface area contributed by atoms with Gasteiger partial charge < -0.3 is 19.5 Å². The molecule has 2 fully saturated rings. The highest BCUT2D eigenvalue weighted by Gasteiger charge is 2.42. The SMILES string of the molecule is CC(C)(C)OC(=O)N1CCN(c2cc3c(cc2C2CC2)C(=O)c2c([nH]c4cc(C#N)ccc24)C3(C)C)CC1. The molecule has 7 nitrogen and oxygen atoms in total. The van der Waals surface area contributed by atoms with Gasteiger partial charge in [-0.3, -0.25) is 4.79 Å². The van der Waals surface area contributed by atoms with Crippen molar-refractivity contribution in [3.8, 4) is 6.07 Å². The summed E-state index contributed by atoms with van der Waals surface area (Å²) in [6.07, 6.45) is 2.01. The summed E-state index contributed by atoms with van der Waals surface area (Å²) in [4.78, 5) is 34.2. The van der Waals surface area contributed by atoms with Crippen LogP contribution in [-0.4, -0.2) is 53.5 Å². The van der Waals surface area contributed by atoms with E-state index in [1.54, 1.807) is 11.0 Å². The third-order valence-corrected chi connectivity index (χ3v) is 8.15. The number of ether oxygens (including phenoxy) is 1. The van der Waals surface area contributed by atoms with Crippen LogP contribution in [0.2, 0.25) is 0 Å². The Balaban J connectivity index is 1.38. The summed E-state index contributed by atoms with van der Waals surface area (Å²) in [7, 11) is 0. The number of nitriles is 1. The van der Waals surface area contributed by atoms with Gasteiger partial charge in [-0.2, -0.15) is 5.26 Å². The number of anilines is 1. The Morgan fingerprint density at radius 1 is 1.11 bits per heavy atom. The van der Waals surface area contributed by atoms with Crippen molar-refractivity contribution in [1.29, 1.82) is 5.26 Å². The molecule has 6 rings (SSSR count). The largest absolute Gasteiger partial charge is 0.444 e. The molecule has 1 saturated heterocycles. The Morgan fingerprint density at radius 2 is 1.82 bits per heavy atom. The maximum absolute atomic E-state index is 14.0. The minimum Gasteiger partial charge on any atom is -0.444 e. The smallest absolute Gasteiger partial charge is 0.410 e. The van der Waals surface area contributed by atoms with Crippen molar-refractivity contribution < 1.29 is 14.3 Å². The first-order valence-electron chi connectivity index (χ1n) is 13.5. The lowest BCUT2D eigenvalue weighted by molar-refractivity contribution is 0.0240. The number of fused-ring (bicyclic) bond motifs is 4. The van der Waals surface area contributed by atoms with Gasteiger partial charge in [0.15, 0.2) is 5.78 Å². The molecule has 1 N–H and O–H groups in total. The van der Waals surface area contributed by atoms with Gasteiger partial charge in [0, 0.05) is 59.4 Å². The summed E-state index contributed by atoms with van der Waals surface area (Å²) in [5.74, 6) is 0.520. The fraction of sp³-hybridized carbons (Fsp3) is 0.452. The average Bonchev–Trinajstić information content (AvgIpc) is 3.65. The maximum Gasteiger partial charge on any atom is 0.410 e. The fourth-order valence-electron chi connectivity index (χ4n) is 6.00. The first kappa shape index (κ1) is 24.5. The zero-order valence-electron chi connectivity index (χ0n) is 22.8. The van der Waals surface area contributed by atoms with E-state index in [4.69, 9.17) is 4.74 Å². The molecule has 2 aliphatic carbocycles. The highest BCUT2D eigenvalue weighted by atomic mass is 16.6. The van der Waals surface area contributed by atoms with Crippen LogP contribution in [-0.2, 0) is 10.2 Å². The number of benzene rings is 2. The van der Waals surface area contributed by atoms with E-state index in [9.17, 15) is 14.9 Å². The van der Waals surface area contributed by atoms with Crippen LogP contribution >= 0.6 is 0 Å². The topological polar surface area (TPSA) is 89.4 Å². The van der Waals surface area contributed by atoms with E-state index < -0.39 is 11.0 Å². The summed E-state index contributed by atoms with van der Waals surface area (Å²) < 4.78 is 5.59. The molecule has 2 aromatic carbocycles. The van der Waals surface area contributed by atoms with Crippen molar-refractivity contribution in [2.75, 3.05) is 31.1 Å². The van der Waals surface area contributed by atoms with Crippen molar-refractivity contribution >= 4 is 28.5 Å². The zero-order valence-corrected chi connectivity index (χ0v) is 22.8. The lowest BCUT2D eigenvalue weighted by Crippen LogP contribution is -2.50. The normalized spacial score (nSPS) is 18.7. The van der Waals surface area contributed by atoms with Gasteiger partial charge in [0.05, 0.1) is 17.2 Å². The number of amides is 1. The summed E-state index contributed by atoms with van der Waals surface area (Å²) in [5.41, 5.74) is 6.33. The first-order chi connectivity index (χ1) is 18.0. The zero-order chi connectivity index (χ0) is 27.0. The first-order valence-corrected chi connectivity index (χ1v) is 13.5. The molecule has 0 unspecified atom stereocenters. The van der Waals surface area contributed by atoms with E-state index in [1.165, 1.54) is 11.3 Å². The van der Waals surface area contributed by atoms with Crippen LogP contribution in [0, 0.1) is 11.3 Å². The van der Waals surface area contributed by atoms with E-state index in [1.807, 2.05) is 32.9 Å². The molecule has 1 aliphatic heterocycles. The minimum atomic E-state index is -0.512. The van der Waals surface area contributed by atoms with Crippen LogP contribution in [0.5, 0.6) is 0 Å². The Labute approximate surface area is 223 Å². The van der Waals surface area contributed by atoms with Crippen molar-refractivity contribution in [3.05, 3.63) is 63.8 Å². The Bertz CT molecular complexity index is 1520. The lowest BCUT2D eigenvalue weighted by atomic mass is 9.70. The molecule has 0 bridgehead atoms. The van der Waals surface area contributed by atoms with Crippen LogP contribution in [0.3, 0.4) is 0 Å². The van der Waals surface area contributed by atoms with Crippen LogP contribution in [0.15, 0.2) is 30.3 Å². The number of rotatable bonds is 2. The molecule has 3 aliphatic rings. The molecule has 3 aromatic rings. The van der Waals surface area contributed by atoms with Gasteiger partial charge in [-0.1, -0.05) is 19.9 Å². The quantitative estimate of drug-likeness (QED) is 0.468. The van der Waals surface area contributed by atoms with Crippen molar-refractivity contribution in [1.82, 2.24) is 9.88 Å². The second-order valence-corrected chi connectivity index (χ2v) is 12.4. The summed E-state index contributed by atoms with van der Waals surface area (Å²) in [5, 5.41) is 10.2. The third-order valence-electron chi connectivity index (χ3n) is 8.15. The number of H-pyrrole nitrogens is 1. The third kappa shape index (κ3) is 3.94. The molecule has 38 heavy (non-hydrogen) atoms. The number of ketones is 1.